The molecule has 0 aliphatic heterocycles. The predicted octanol–water partition coefficient (Wildman–Crippen LogP) is 3.37. The molecule has 1 N–H and O–H groups in total. The zero-order chi connectivity index (χ0) is 14.7. The average Bonchev–Trinajstić information content (AvgIpc) is 2.86. The van der Waals surface area contributed by atoms with Gasteiger partial charge in [-0.2, -0.15) is 0 Å². The van der Waals surface area contributed by atoms with Crippen molar-refractivity contribution in [2.75, 3.05) is 7.11 Å². The van der Waals surface area contributed by atoms with Gasteiger partial charge in [0.2, 0.25) is 0 Å². The van der Waals surface area contributed by atoms with Gasteiger partial charge in [0.05, 0.1) is 13.2 Å². The van der Waals surface area contributed by atoms with E-state index in [-0.39, 0.29) is 17.5 Å². The van der Waals surface area contributed by atoms with Crippen LogP contribution in [0, 0.1) is 11.7 Å². The van der Waals surface area contributed by atoms with Gasteiger partial charge in [0.1, 0.15) is 0 Å². The Balaban J connectivity index is 2.12. The van der Waals surface area contributed by atoms with E-state index < -0.39 is 6.10 Å². The number of aliphatic hydroxyl groups excluding tert-OH is 1. The van der Waals surface area contributed by atoms with E-state index in [9.17, 15) is 9.50 Å². The maximum atomic E-state index is 13.6. The smallest absolute Gasteiger partial charge is 0.165 e. The van der Waals surface area contributed by atoms with E-state index in [4.69, 9.17) is 4.74 Å². The summed E-state index contributed by atoms with van der Waals surface area (Å²) < 4.78 is 20.4. The van der Waals surface area contributed by atoms with E-state index in [2.05, 4.69) is 0 Å². The fourth-order valence-electron chi connectivity index (χ4n) is 2.14. The fraction of sp³-hybridized carbons (Fsp3) is 0.375. The van der Waals surface area contributed by atoms with E-state index in [1.165, 1.54) is 13.2 Å². The number of benzene rings is 1. The Labute approximate surface area is 118 Å². The van der Waals surface area contributed by atoms with Gasteiger partial charge in [-0.05, 0) is 35.2 Å². The van der Waals surface area contributed by atoms with Crippen molar-refractivity contribution in [3.63, 3.8) is 0 Å². The third kappa shape index (κ3) is 3.20. The first-order valence-corrected chi connectivity index (χ1v) is 6.67. The van der Waals surface area contributed by atoms with Crippen molar-refractivity contribution < 1.29 is 14.2 Å². The monoisotopic (exact) mass is 277 g/mol. The SMILES string of the molecule is COc1ccc(Cn2ccc(C(O)C(C)C)c2)cc1F. The number of aliphatic hydroxyl groups is 1. The van der Waals surface area contributed by atoms with Crippen LogP contribution >= 0.6 is 0 Å². The summed E-state index contributed by atoms with van der Waals surface area (Å²) in [6, 6.07) is 6.82. The highest BCUT2D eigenvalue weighted by Gasteiger charge is 2.13. The molecule has 4 heteroatoms. The highest BCUT2D eigenvalue weighted by atomic mass is 19.1. The van der Waals surface area contributed by atoms with Crippen LogP contribution < -0.4 is 4.74 Å². The normalized spacial score (nSPS) is 12.7. The van der Waals surface area contributed by atoms with Crippen LogP contribution in [0.3, 0.4) is 0 Å². The van der Waals surface area contributed by atoms with Crippen molar-refractivity contribution in [3.05, 3.63) is 53.6 Å². The molecule has 0 radical (unpaired) electrons. The first-order chi connectivity index (χ1) is 9.51. The van der Waals surface area contributed by atoms with Gasteiger partial charge in [-0.1, -0.05) is 19.9 Å². The zero-order valence-corrected chi connectivity index (χ0v) is 12.0. The molecule has 0 aliphatic rings. The number of nitrogens with zero attached hydrogens (tertiary/aromatic N) is 1. The summed E-state index contributed by atoms with van der Waals surface area (Å²) in [6.45, 7) is 4.51. The molecule has 0 aliphatic carbocycles. The van der Waals surface area contributed by atoms with Gasteiger partial charge in [0.15, 0.2) is 11.6 Å². The molecule has 2 rings (SSSR count). The Morgan fingerprint density at radius 1 is 1.30 bits per heavy atom. The van der Waals surface area contributed by atoms with Crippen molar-refractivity contribution in [2.24, 2.45) is 5.92 Å². The Morgan fingerprint density at radius 2 is 2.05 bits per heavy atom. The topological polar surface area (TPSA) is 34.4 Å². The summed E-state index contributed by atoms with van der Waals surface area (Å²) in [5, 5.41) is 10.00. The van der Waals surface area contributed by atoms with Gasteiger partial charge in [-0.25, -0.2) is 4.39 Å². The molecular weight excluding hydrogens is 257 g/mol. The lowest BCUT2D eigenvalue weighted by atomic mass is 10.0. The highest BCUT2D eigenvalue weighted by Crippen LogP contribution is 2.22. The van der Waals surface area contributed by atoms with Crippen LogP contribution in [0.15, 0.2) is 36.7 Å². The third-order valence-corrected chi connectivity index (χ3v) is 3.33. The molecule has 3 nitrogen and oxygen atoms in total. The van der Waals surface area contributed by atoms with Gasteiger partial charge in [0.25, 0.3) is 0 Å². The summed E-state index contributed by atoms with van der Waals surface area (Å²) in [5.41, 5.74) is 1.73. The Kier molecular flexibility index (Phi) is 4.45. The van der Waals surface area contributed by atoms with Crippen LogP contribution in [0.2, 0.25) is 0 Å². The molecule has 1 atom stereocenters. The summed E-state index contributed by atoms with van der Waals surface area (Å²) in [6.07, 6.45) is 3.32. The molecule has 0 saturated heterocycles. The molecule has 108 valence electrons. The molecule has 1 heterocycles. The molecule has 20 heavy (non-hydrogen) atoms. The van der Waals surface area contributed by atoms with Crippen LogP contribution in [0.4, 0.5) is 4.39 Å². The first-order valence-electron chi connectivity index (χ1n) is 6.67. The zero-order valence-electron chi connectivity index (χ0n) is 12.0. The predicted molar refractivity (Wildman–Crippen MR) is 76.3 cm³/mol. The molecule has 0 spiro atoms. The lowest BCUT2D eigenvalue weighted by Gasteiger charge is -2.12. The minimum atomic E-state index is -0.469. The number of hydrogen-bond acceptors (Lipinski definition) is 2. The lowest BCUT2D eigenvalue weighted by Crippen LogP contribution is -2.04. The van der Waals surface area contributed by atoms with Crippen molar-refractivity contribution in [1.29, 1.82) is 0 Å². The second kappa shape index (κ2) is 6.09. The first kappa shape index (κ1) is 14.6. The van der Waals surface area contributed by atoms with Crippen LogP contribution in [0.25, 0.3) is 0 Å². The number of halogens is 1. The molecule has 0 amide bonds. The maximum Gasteiger partial charge on any atom is 0.165 e. The molecular formula is C16H20FNO2. The number of aromatic nitrogens is 1. The molecule has 1 unspecified atom stereocenters. The van der Waals surface area contributed by atoms with Crippen molar-refractivity contribution in [3.8, 4) is 5.75 Å². The second-order valence-corrected chi connectivity index (χ2v) is 5.27. The van der Waals surface area contributed by atoms with E-state index in [1.54, 1.807) is 6.07 Å². The minimum absolute atomic E-state index is 0.171. The molecule has 2 aromatic rings. The number of ether oxygens (including phenoxy) is 1. The molecule has 0 bridgehead atoms. The maximum absolute atomic E-state index is 13.6. The number of methoxy groups -OCH3 is 1. The van der Waals surface area contributed by atoms with Gasteiger partial charge < -0.3 is 14.4 Å². The number of rotatable bonds is 5. The van der Waals surface area contributed by atoms with E-state index in [0.717, 1.165) is 11.1 Å². The third-order valence-electron chi connectivity index (χ3n) is 3.33. The van der Waals surface area contributed by atoms with Crippen molar-refractivity contribution in [2.45, 2.75) is 26.5 Å². The van der Waals surface area contributed by atoms with Gasteiger partial charge in [-0.3, -0.25) is 0 Å². The molecule has 1 aromatic carbocycles. The molecule has 0 fully saturated rings. The van der Waals surface area contributed by atoms with Gasteiger partial charge in [-0.15, -0.1) is 0 Å². The quantitative estimate of drug-likeness (QED) is 0.909. The summed E-state index contributed by atoms with van der Waals surface area (Å²) in [4.78, 5) is 0. The van der Waals surface area contributed by atoms with Crippen molar-refractivity contribution >= 4 is 0 Å². The van der Waals surface area contributed by atoms with Crippen LogP contribution in [0.1, 0.15) is 31.1 Å². The summed E-state index contributed by atoms with van der Waals surface area (Å²) in [7, 11) is 1.45. The van der Waals surface area contributed by atoms with Gasteiger partial charge >= 0.3 is 0 Å². The lowest BCUT2D eigenvalue weighted by molar-refractivity contribution is 0.127. The Morgan fingerprint density at radius 3 is 2.65 bits per heavy atom. The number of hydrogen-bond donors (Lipinski definition) is 1. The Hall–Kier alpha value is -1.81. The second-order valence-electron chi connectivity index (χ2n) is 5.27. The van der Waals surface area contributed by atoms with Crippen molar-refractivity contribution in [1.82, 2.24) is 4.57 Å². The largest absolute Gasteiger partial charge is 0.494 e. The fourth-order valence-corrected chi connectivity index (χ4v) is 2.14. The van der Waals surface area contributed by atoms with Crippen LogP contribution in [-0.2, 0) is 6.54 Å². The van der Waals surface area contributed by atoms with E-state index >= 15 is 0 Å². The summed E-state index contributed by atoms with van der Waals surface area (Å²) >= 11 is 0. The average molecular weight is 277 g/mol. The van der Waals surface area contributed by atoms with Gasteiger partial charge in [0, 0.05) is 18.9 Å². The standard InChI is InChI=1S/C16H20FNO2/c1-11(2)16(19)13-6-7-18(10-13)9-12-4-5-15(20-3)14(17)8-12/h4-8,10-11,16,19H,9H2,1-3H3. The van der Waals surface area contributed by atoms with Crippen LogP contribution in [-0.4, -0.2) is 16.8 Å². The molecule has 1 aromatic heterocycles. The van der Waals surface area contributed by atoms with Crippen LogP contribution in [0.5, 0.6) is 5.75 Å². The highest BCUT2D eigenvalue weighted by molar-refractivity contribution is 5.29. The Bertz CT molecular complexity index is 578. The minimum Gasteiger partial charge on any atom is -0.494 e. The van der Waals surface area contributed by atoms with E-state index in [0.29, 0.717) is 6.54 Å². The van der Waals surface area contributed by atoms with E-state index in [1.807, 2.05) is 42.9 Å². The molecule has 0 saturated carbocycles. The summed E-state index contributed by atoms with van der Waals surface area (Å²) in [5.74, 6) is 0.0565.